The molecular weight excluding hydrogens is 124 g/mol. The Balaban J connectivity index is 4.17. The van der Waals surface area contributed by atoms with Crippen molar-refractivity contribution in [2.45, 2.75) is 40.7 Å². The first kappa shape index (κ1) is 9.70. The molecule has 1 unspecified atom stereocenters. The smallest absolute Gasteiger partial charge is 0.0719 e. The topological polar surface area (TPSA) is 20.2 Å². The Labute approximate surface area is 63.8 Å². The molecule has 0 rings (SSSR count). The maximum absolute atomic E-state index is 9.12. The average Bonchev–Trinajstić information content (AvgIpc) is 1.60. The normalized spacial score (nSPS) is 17.2. The molecule has 0 saturated heterocycles. The monoisotopic (exact) mass is 142 g/mol. The number of aliphatic hydroxyl groups excluding tert-OH is 1. The van der Waals surface area contributed by atoms with E-state index in [9.17, 15) is 0 Å². The van der Waals surface area contributed by atoms with Gasteiger partial charge in [-0.15, -0.1) is 0 Å². The minimum atomic E-state index is -0.306. The first-order valence-electron chi connectivity index (χ1n) is 3.70. The number of rotatable bonds is 1. The van der Waals surface area contributed by atoms with Gasteiger partial charge in [-0.1, -0.05) is 26.8 Å². The van der Waals surface area contributed by atoms with E-state index < -0.39 is 0 Å². The summed E-state index contributed by atoms with van der Waals surface area (Å²) in [6, 6.07) is 0. The van der Waals surface area contributed by atoms with Gasteiger partial charge in [-0.05, 0) is 24.8 Å². The van der Waals surface area contributed by atoms with Crippen molar-refractivity contribution in [1.82, 2.24) is 0 Å². The molecule has 1 heteroatoms. The molecule has 0 saturated carbocycles. The van der Waals surface area contributed by atoms with Crippen molar-refractivity contribution < 1.29 is 5.11 Å². The maximum atomic E-state index is 9.12. The summed E-state index contributed by atoms with van der Waals surface area (Å²) >= 11 is 0. The molecule has 0 heterocycles. The van der Waals surface area contributed by atoms with Gasteiger partial charge >= 0.3 is 0 Å². The van der Waals surface area contributed by atoms with Crippen LogP contribution in [0.3, 0.4) is 0 Å². The van der Waals surface area contributed by atoms with Gasteiger partial charge in [0.25, 0.3) is 0 Å². The van der Waals surface area contributed by atoms with Crippen LogP contribution >= 0.6 is 0 Å². The summed E-state index contributed by atoms with van der Waals surface area (Å²) in [5.41, 5.74) is 1.23. The third-order valence-corrected chi connectivity index (χ3v) is 1.32. The highest BCUT2D eigenvalue weighted by Crippen LogP contribution is 2.18. The summed E-state index contributed by atoms with van der Waals surface area (Å²) in [6.07, 6.45) is 1.79. The Bertz CT molecular complexity index is 126. The Morgan fingerprint density at radius 3 is 1.90 bits per heavy atom. The Morgan fingerprint density at radius 1 is 1.40 bits per heavy atom. The quantitative estimate of drug-likeness (QED) is 0.557. The zero-order valence-electron chi connectivity index (χ0n) is 7.60. The lowest BCUT2D eigenvalue weighted by Crippen LogP contribution is -2.07. The molecule has 0 aromatic carbocycles. The van der Waals surface area contributed by atoms with Crippen LogP contribution in [-0.2, 0) is 0 Å². The third kappa shape index (κ3) is 4.57. The molecule has 1 nitrogen and oxygen atoms in total. The summed E-state index contributed by atoms with van der Waals surface area (Å²) < 4.78 is 0. The Kier molecular flexibility index (Phi) is 3.10. The van der Waals surface area contributed by atoms with Crippen LogP contribution in [0.2, 0.25) is 0 Å². The van der Waals surface area contributed by atoms with Crippen molar-refractivity contribution in [2.24, 2.45) is 5.41 Å². The molecule has 0 aliphatic rings. The van der Waals surface area contributed by atoms with Gasteiger partial charge in [0.1, 0.15) is 0 Å². The van der Waals surface area contributed by atoms with Crippen molar-refractivity contribution in [2.75, 3.05) is 0 Å². The van der Waals surface area contributed by atoms with E-state index in [0.717, 1.165) is 5.57 Å². The van der Waals surface area contributed by atoms with Gasteiger partial charge in [0.2, 0.25) is 0 Å². The van der Waals surface area contributed by atoms with Crippen molar-refractivity contribution >= 4 is 0 Å². The third-order valence-electron chi connectivity index (χ3n) is 1.32. The van der Waals surface area contributed by atoms with Crippen LogP contribution in [0.1, 0.15) is 34.6 Å². The SMILES string of the molecule is C/C(=C\C(C)(C)C)C(C)O. The zero-order chi connectivity index (χ0) is 8.36. The molecule has 0 aromatic heterocycles. The summed E-state index contributed by atoms with van der Waals surface area (Å²) in [5.74, 6) is 0. The number of allylic oxidation sites excluding steroid dienone is 1. The van der Waals surface area contributed by atoms with Gasteiger partial charge in [-0.2, -0.15) is 0 Å². The van der Waals surface area contributed by atoms with Gasteiger partial charge in [-0.3, -0.25) is 0 Å². The van der Waals surface area contributed by atoms with Crippen LogP contribution < -0.4 is 0 Å². The second-order valence-electron chi connectivity index (χ2n) is 3.93. The lowest BCUT2D eigenvalue weighted by Gasteiger charge is -2.15. The van der Waals surface area contributed by atoms with Crippen LogP contribution in [0.4, 0.5) is 0 Å². The highest BCUT2D eigenvalue weighted by Gasteiger charge is 2.07. The second kappa shape index (κ2) is 3.20. The van der Waals surface area contributed by atoms with Crippen molar-refractivity contribution in [3.8, 4) is 0 Å². The van der Waals surface area contributed by atoms with E-state index in [1.54, 1.807) is 6.92 Å². The summed E-state index contributed by atoms with van der Waals surface area (Å²) in [4.78, 5) is 0. The molecule has 0 aliphatic heterocycles. The maximum Gasteiger partial charge on any atom is 0.0719 e. The van der Waals surface area contributed by atoms with Gasteiger partial charge in [0, 0.05) is 0 Å². The predicted octanol–water partition coefficient (Wildman–Crippen LogP) is 2.36. The molecular formula is C9H18O. The Hall–Kier alpha value is -0.300. The standard InChI is InChI=1S/C9H18O/c1-7(8(2)10)6-9(3,4)5/h6,8,10H,1-5H3/b7-6+. The van der Waals surface area contributed by atoms with Gasteiger partial charge in [0.15, 0.2) is 0 Å². The van der Waals surface area contributed by atoms with E-state index in [1.165, 1.54) is 0 Å². The number of aliphatic hydroxyl groups is 1. The van der Waals surface area contributed by atoms with E-state index in [-0.39, 0.29) is 11.5 Å². The molecule has 0 spiro atoms. The van der Waals surface area contributed by atoms with Gasteiger partial charge < -0.3 is 5.11 Å². The zero-order valence-corrected chi connectivity index (χ0v) is 7.60. The first-order valence-corrected chi connectivity index (χ1v) is 3.70. The van der Waals surface area contributed by atoms with E-state index in [1.807, 2.05) is 6.92 Å². The summed E-state index contributed by atoms with van der Waals surface area (Å²) in [5, 5.41) is 9.12. The first-order chi connectivity index (χ1) is 4.33. The Morgan fingerprint density at radius 2 is 1.80 bits per heavy atom. The van der Waals surface area contributed by atoms with Gasteiger partial charge in [0.05, 0.1) is 6.10 Å². The van der Waals surface area contributed by atoms with Crippen LogP contribution in [0.5, 0.6) is 0 Å². The predicted molar refractivity (Wildman–Crippen MR) is 44.9 cm³/mol. The largest absolute Gasteiger partial charge is 0.389 e. The fourth-order valence-corrected chi connectivity index (χ4v) is 0.804. The average molecular weight is 142 g/mol. The molecule has 0 bridgehead atoms. The molecule has 0 aliphatic carbocycles. The highest BCUT2D eigenvalue weighted by molar-refractivity contribution is 5.07. The van der Waals surface area contributed by atoms with Crippen LogP contribution in [-0.4, -0.2) is 11.2 Å². The fourth-order valence-electron chi connectivity index (χ4n) is 0.804. The van der Waals surface area contributed by atoms with Crippen molar-refractivity contribution in [1.29, 1.82) is 0 Å². The fraction of sp³-hybridized carbons (Fsp3) is 0.778. The van der Waals surface area contributed by atoms with Crippen LogP contribution in [0, 0.1) is 5.41 Å². The molecule has 0 fully saturated rings. The molecule has 1 atom stereocenters. The van der Waals surface area contributed by atoms with Crippen molar-refractivity contribution in [3.05, 3.63) is 11.6 Å². The van der Waals surface area contributed by atoms with E-state index in [4.69, 9.17) is 5.11 Å². The van der Waals surface area contributed by atoms with Crippen molar-refractivity contribution in [3.63, 3.8) is 0 Å². The number of hydrogen-bond donors (Lipinski definition) is 1. The molecule has 10 heavy (non-hydrogen) atoms. The summed E-state index contributed by atoms with van der Waals surface area (Å²) in [7, 11) is 0. The molecule has 1 N–H and O–H groups in total. The highest BCUT2D eigenvalue weighted by atomic mass is 16.3. The van der Waals surface area contributed by atoms with E-state index in [2.05, 4.69) is 26.8 Å². The number of hydrogen-bond acceptors (Lipinski definition) is 1. The molecule has 0 aromatic rings. The van der Waals surface area contributed by atoms with E-state index >= 15 is 0 Å². The van der Waals surface area contributed by atoms with Gasteiger partial charge in [-0.25, -0.2) is 0 Å². The summed E-state index contributed by atoms with van der Waals surface area (Å²) in [6.45, 7) is 10.1. The van der Waals surface area contributed by atoms with Crippen LogP contribution in [0.15, 0.2) is 11.6 Å². The minimum Gasteiger partial charge on any atom is -0.389 e. The minimum absolute atomic E-state index is 0.182. The molecule has 60 valence electrons. The molecule has 0 amide bonds. The lowest BCUT2D eigenvalue weighted by molar-refractivity contribution is 0.229. The lowest BCUT2D eigenvalue weighted by atomic mass is 9.93. The second-order valence-corrected chi connectivity index (χ2v) is 3.93. The van der Waals surface area contributed by atoms with Crippen LogP contribution in [0.25, 0.3) is 0 Å². The molecule has 0 radical (unpaired) electrons. The van der Waals surface area contributed by atoms with E-state index in [0.29, 0.717) is 0 Å².